The molecular weight excluding hydrogens is 204 g/mol. The van der Waals surface area contributed by atoms with Gasteiger partial charge in [-0.15, -0.1) is 0 Å². The minimum atomic E-state index is -0.550. The highest BCUT2D eigenvalue weighted by Crippen LogP contribution is 2.16. The van der Waals surface area contributed by atoms with E-state index >= 15 is 0 Å². The second-order valence-electron chi connectivity index (χ2n) is 3.93. The van der Waals surface area contributed by atoms with Crippen LogP contribution >= 0.6 is 0 Å². The van der Waals surface area contributed by atoms with E-state index < -0.39 is 6.10 Å². The molecule has 4 N–H and O–H groups in total. The summed E-state index contributed by atoms with van der Waals surface area (Å²) >= 11 is 0. The van der Waals surface area contributed by atoms with Gasteiger partial charge in [0.25, 0.3) is 0 Å². The maximum atomic E-state index is 9.61. The van der Waals surface area contributed by atoms with E-state index in [1.807, 2.05) is 38.1 Å². The van der Waals surface area contributed by atoms with Crippen molar-refractivity contribution in [3.05, 3.63) is 29.8 Å². The van der Waals surface area contributed by atoms with Gasteiger partial charge in [0.05, 0.1) is 6.17 Å². The van der Waals surface area contributed by atoms with Crippen LogP contribution in [0, 0.1) is 6.92 Å². The summed E-state index contributed by atoms with van der Waals surface area (Å²) in [6.45, 7) is 4.50. The SMILES string of the molecule is Cc1ccccc1OCC(O)CNC(C)N. The topological polar surface area (TPSA) is 67.5 Å². The van der Waals surface area contributed by atoms with Crippen LogP contribution in [0.25, 0.3) is 0 Å². The molecule has 0 radical (unpaired) electrons. The average Bonchev–Trinajstić information content (AvgIpc) is 2.25. The molecule has 0 aromatic heterocycles. The highest BCUT2D eigenvalue weighted by atomic mass is 16.5. The fourth-order valence-electron chi connectivity index (χ4n) is 1.29. The molecule has 1 aromatic rings. The Morgan fingerprint density at radius 1 is 1.44 bits per heavy atom. The summed E-state index contributed by atoms with van der Waals surface area (Å²) in [5.74, 6) is 0.808. The number of para-hydroxylation sites is 1. The smallest absolute Gasteiger partial charge is 0.122 e. The third-order valence-electron chi connectivity index (χ3n) is 2.20. The highest BCUT2D eigenvalue weighted by molar-refractivity contribution is 5.31. The molecule has 0 aliphatic rings. The molecule has 0 spiro atoms. The average molecular weight is 224 g/mol. The molecule has 0 amide bonds. The molecular formula is C12H20N2O2. The van der Waals surface area contributed by atoms with Crippen molar-refractivity contribution in [2.75, 3.05) is 13.2 Å². The number of hydrogen-bond donors (Lipinski definition) is 3. The van der Waals surface area contributed by atoms with Crippen molar-refractivity contribution in [2.45, 2.75) is 26.1 Å². The van der Waals surface area contributed by atoms with Gasteiger partial charge in [-0.05, 0) is 25.5 Å². The number of ether oxygens (including phenoxy) is 1. The van der Waals surface area contributed by atoms with E-state index in [2.05, 4.69) is 5.32 Å². The van der Waals surface area contributed by atoms with Gasteiger partial charge in [-0.3, -0.25) is 5.32 Å². The minimum absolute atomic E-state index is 0.117. The van der Waals surface area contributed by atoms with Crippen LogP contribution in [0.15, 0.2) is 24.3 Å². The van der Waals surface area contributed by atoms with Gasteiger partial charge in [0.1, 0.15) is 18.5 Å². The fourth-order valence-corrected chi connectivity index (χ4v) is 1.29. The lowest BCUT2D eigenvalue weighted by Crippen LogP contribution is -2.41. The van der Waals surface area contributed by atoms with Gasteiger partial charge in [0.15, 0.2) is 0 Å². The van der Waals surface area contributed by atoms with Crippen molar-refractivity contribution >= 4 is 0 Å². The van der Waals surface area contributed by atoms with Crippen molar-refractivity contribution in [3.63, 3.8) is 0 Å². The number of aliphatic hydroxyl groups is 1. The van der Waals surface area contributed by atoms with Crippen LogP contribution in [-0.4, -0.2) is 30.5 Å². The van der Waals surface area contributed by atoms with Crippen molar-refractivity contribution < 1.29 is 9.84 Å². The largest absolute Gasteiger partial charge is 0.491 e. The van der Waals surface area contributed by atoms with E-state index in [4.69, 9.17) is 10.5 Å². The summed E-state index contributed by atoms with van der Waals surface area (Å²) in [7, 11) is 0. The lowest BCUT2D eigenvalue weighted by Gasteiger charge is -2.15. The lowest BCUT2D eigenvalue weighted by molar-refractivity contribution is 0.104. The van der Waals surface area contributed by atoms with E-state index in [9.17, 15) is 5.11 Å². The van der Waals surface area contributed by atoms with Gasteiger partial charge in [0, 0.05) is 6.54 Å². The summed E-state index contributed by atoms with van der Waals surface area (Å²) < 4.78 is 5.50. The number of aliphatic hydroxyl groups excluding tert-OH is 1. The molecule has 16 heavy (non-hydrogen) atoms. The Labute approximate surface area is 96.4 Å². The first-order chi connectivity index (χ1) is 7.59. The Hall–Kier alpha value is -1.10. The monoisotopic (exact) mass is 224 g/mol. The Morgan fingerprint density at radius 2 is 2.12 bits per heavy atom. The normalized spacial score (nSPS) is 14.5. The summed E-state index contributed by atoms with van der Waals surface area (Å²) in [6, 6.07) is 7.73. The maximum absolute atomic E-state index is 9.61. The van der Waals surface area contributed by atoms with Gasteiger partial charge in [-0.25, -0.2) is 0 Å². The maximum Gasteiger partial charge on any atom is 0.122 e. The Kier molecular flexibility index (Phi) is 5.25. The number of rotatable bonds is 6. The zero-order valence-electron chi connectivity index (χ0n) is 9.81. The Balaban J connectivity index is 2.31. The first kappa shape index (κ1) is 13.0. The van der Waals surface area contributed by atoms with Crippen molar-refractivity contribution in [3.8, 4) is 5.75 Å². The second kappa shape index (κ2) is 6.48. The Morgan fingerprint density at radius 3 is 2.75 bits per heavy atom. The van der Waals surface area contributed by atoms with Crippen LogP contribution in [0.2, 0.25) is 0 Å². The van der Waals surface area contributed by atoms with Gasteiger partial charge < -0.3 is 15.6 Å². The molecule has 1 aromatic carbocycles. The molecule has 0 bridgehead atoms. The van der Waals surface area contributed by atoms with Crippen LogP contribution in [0.3, 0.4) is 0 Å². The first-order valence-corrected chi connectivity index (χ1v) is 5.45. The zero-order chi connectivity index (χ0) is 12.0. The number of aryl methyl sites for hydroxylation is 1. The van der Waals surface area contributed by atoms with Crippen LogP contribution in [0.1, 0.15) is 12.5 Å². The number of nitrogens with one attached hydrogen (secondary N) is 1. The third-order valence-corrected chi connectivity index (χ3v) is 2.20. The van der Waals surface area contributed by atoms with Crippen molar-refractivity contribution in [2.24, 2.45) is 5.73 Å². The van der Waals surface area contributed by atoms with Gasteiger partial charge in [-0.2, -0.15) is 0 Å². The van der Waals surface area contributed by atoms with Gasteiger partial charge in [-0.1, -0.05) is 18.2 Å². The van der Waals surface area contributed by atoms with Crippen LogP contribution in [0.4, 0.5) is 0 Å². The third kappa shape index (κ3) is 4.61. The minimum Gasteiger partial charge on any atom is -0.491 e. The number of hydrogen-bond acceptors (Lipinski definition) is 4. The van der Waals surface area contributed by atoms with Gasteiger partial charge in [0.2, 0.25) is 0 Å². The molecule has 4 heteroatoms. The molecule has 2 atom stereocenters. The number of benzene rings is 1. The molecule has 0 saturated heterocycles. The molecule has 90 valence electrons. The van der Waals surface area contributed by atoms with E-state index in [0.29, 0.717) is 6.54 Å². The standard InChI is InChI=1S/C12H20N2O2/c1-9-5-3-4-6-12(9)16-8-11(15)7-14-10(2)13/h3-6,10-11,14-15H,7-8,13H2,1-2H3. The van der Waals surface area contributed by atoms with Crippen LogP contribution < -0.4 is 15.8 Å². The molecule has 0 saturated carbocycles. The zero-order valence-corrected chi connectivity index (χ0v) is 9.81. The molecule has 0 aliphatic heterocycles. The molecule has 0 heterocycles. The van der Waals surface area contributed by atoms with E-state index in [-0.39, 0.29) is 12.8 Å². The van der Waals surface area contributed by atoms with Gasteiger partial charge >= 0.3 is 0 Å². The van der Waals surface area contributed by atoms with Crippen molar-refractivity contribution in [1.82, 2.24) is 5.32 Å². The fraction of sp³-hybridized carbons (Fsp3) is 0.500. The van der Waals surface area contributed by atoms with E-state index in [1.54, 1.807) is 0 Å². The molecule has 2 unspecified atom stereocenters. The molecule has 1 rings (SSSR count). The van der Waals surface area contributed by atoms with Crippen LogP contribution in [0.5, 0.6) is 5.75 Å². The highest BCUT2D eigenvalue weighted by Gasteiger charge is 2.06. The lowest BCUT2D eigenvalue weighted by atomic mass is 10.2. The Bertz CT molecular complexity index is 316. The predicted molar refractivity (Wildman–Crippen MR) is 64.3 cm³/mol. The molecule has 0 fully saturated rings. The first-order valence-electron chi connectivity index (χ1n) is 5.45. The second-order valence-corrected chi connectivity index (χ2v) is 3.93. The molecule has 0 aliphatic carbocycles. The van der Waals surface area contributed by atoms with E-state index in [1.165, 1.54) is 0 Å². The van der Waals surface area contributed by atoms with Crippen molar-refractivity contribution in [1.29, 1.82) is 0 Å². The number of nitrogens with two attached hydrogens (primary N) is 1. The quantitative estimate of drug-likeness (QED) is 0.620. The molecule has 4 nitrogen and oxygen atoms in total. The summed E-state index contributed by atoms with van der Waals surface area (Å²) in [4.78, 5) is 0. The summed E-state index contributed by atoms with van der Waals surface area (Å²) in [5, 5.41) is 12.6. The van der Waals surface area contributed by atoms with Crippen LogP contribution in [-0.2, 0) is 0 Å². The predicted octanol–water partition coefficient (Wildman–Crippen LogP) is 0.629. The summed E-state index contributed by atoms with van der Waals surface area (Å²) in [5.41, 5.74) is 6.57. The summed E-state index contributed by atoms with van der Waals surface area (Å²) in [6.07, 6.45) is -0.668. The van der Waals surface area contributed by atoms with E-state index in [0.717, 1.165) is 11.3 Å².